The van der Waals surface area contributed by atoms with Crippen LogP contribution in [0.1, 0.15) is 27.7 Å². The molecule has 0 unspecified atom stereocenters. The SMILES string of the molecule is CCc1ccc(CN(C)C(=O)CNC(=O)c2cccs2)cc1. The molecule has 2 amide bonds. The van der Waals surface area contributed by atoms with Gasteiger partial charge in [0.05, 0.1) is 11.4 Å². The van der Waals surface area contributed by atoms with Gasteiger partial charge in [-0.15, -0.1) is 11.3 Å². The molecule has 0 radical (unpaired) electrons. The summed E-state index contributed by atoms with van der Waals surface area (Å²) in [6.45, 7) is 2.67. The third kappa shape index (κ3) is 4.43. The Morgan fingerprint density at radius 2 is 1.82 bits per heavy atom. The standard InChI is InChI=1S/C17H20N2O2S/c1-3-13-6-8-14(9-7-13)12-19(2)16(20)11-18-17(21)15-5-4-10-22-15/h4-10H,3,11-12H2,1-2H3,(H,18,21). The fourth-order valence-electron chi connectivity index (χ4n) is 2.03. The zero-order valence-electron chi connectivity index (χ0n) is 12.8. The molecule has 0 aliphatic carbocycles. The molecule has 4 nitrogen and oxygen atoms in total. The molecule has 0 fully saturated rings. The van der Waals surface area contributed by atoms with Gasteiger partial charge in [0.25, 0.3) is 5.91 Å². The summed E-state index contributed by atoms with van der Waals surface area (Å²) in [5, 5.41) is 4.49. The first-order chi connectivity index (χ1) is 10.6. The van der Waals surface area contributed by atoms with Crippen molar-refractivity contribution >= 4 is 23.2 Å². The molecular weight excluding hydrogens is 296 g/mol. The largest absolute Gasteiger partial charge is 0.342 e. The number of likely N-dealkylation sites (N-methyl/N-ethyl adjacent to an activating group) is 1. The van der Waals surface area contributed by atoms with Gasteiger partial charge in [0.15, 0.2) is 0 Å². The monoisotopic (exact) mass is 316 g/mol. The first-order valence-corrected chi connectivity index (χ1v) is 8.11. The van der Waals surface area contributed by atoms with Crippen LogP contribution in [-0.2, 0) is 17.8 Å². The van der Waals surface area contributed by atoms with Gasteiger partial charge < -0.3 is 10.2 Å². The van der Waals surface area contributed by atoms with Crippen LogP contribution in [0.2, 0.25) is 0 Å². The molecule has 22 heavy (non-hydrogen) atoms. The minimum Gasteiger partial charge on any atom is -0.342 e. The molecule has 0 bridgehead atoms. The molecule has 2 aromatic rings. The Morgan fingerprint density at radius 3 is 2.41 bits per heavy atom. The molecule has 0 saturated carbocycles. The number of benzene rings is 1. The van der Waals surface area contributed by atoms with Crippen LogP contribution >= 0.6 is 11.3 Å². The summed E-state index contributed by atoms with van der Waals surface area (Å²) < 4.78 is 0. The number of nitrogens with one attached hydrogen (secondary N) is 1. The van der Waals surface area contributed by atoms with E-state index in [4.69, 9.17) is 0 Å². The minimum atomic E-state index is -0.205. The number of carbonyl (C=O) groups excluding carboxylic acids is 2. The molecule has 5 heteroatoms. The van der Waals surface area contributed by atoms with Crippen molar-refractivity contribution in [3.8, 4) is 0 Å². The van der Waals surface area contributed by atoms with Gasteiger partial charge in [0.2, 0.25) is 5.91 Å². The number of aryl methyl sites for hydroxylation is 1. The van der Waals surface area contributed by atoms with E-state index >= 15 is 0 Å². The topological polar surface area (TPSA) is 49.4 Å². The van der Waals surface area contributed by atoms with Gasteiger partial charge in [-0.1, -0.05) is 37.3 Å². The van der Waals surface area contributed by atoms with Crippen LogP contribution in [-0.4, -0.2) is 30.3 Å². The Kier molecular flexibility index (Phi) is 5.72. The van der Waals surface area contributed by atoms with E-state index in [1.54, 1.807) is 18.0 Å². The Labute approximate surface area is 134 Å². The lowest BCUT2D eigenvalue weighted by atomic mass is 10.1. The summed E-state index contributed by atoms with van der Waals surface area (Å²) in [6.07, 6.45) is 1.00. The van der Waals surface area contributed by atoms with E-state index in [1.807, 2.05) is 23.6 Å². The molecule has 1 N–H and O–H groups in total. The lowest BCUT2D eigenvalue weighted by Gasteiger charge is -2.17. The molecule has 1 aromatic carbocycles. The van der Waals surface area contributed by atoms with E-state index in [0.717, 1.165) is 12.0 Å². The van der Waals surface area contributed by atoms with Crippen LogP contribution in [0.5, 0.6) is 0 Å². The predicted octanol–water partition coefficient (Wildman–Crippen LogP) is 2.70. The zero-order valence-corrected chi connectivity index (χ0v) is 13.7. The van der Waals surface area contributed by atoms with Gasteiger partial charge in [-0.3, -0.25) is 9.59 Å². The number of nitrogens with zero attached hydrogens (tertiary/aromatic N) is 1. The molecule has 0 atom stereocenters. The first-order valence-electron chi connectivity index (χ1n) is 7.23. The average molecular weight is 316 g/mol. The van der Waals surface area contributed by atoms with Gasteiger partial charge in [-0.2, -0.15) is 0 Å². The normalized spacial score (nSPS) is 10.3. The maximum atomic E-state index is 12.1. The lowest BCUT2D eigenvalue weighted by molar-refractivity contribution is -0.129. The van der Waals surface area contributed by atoms with Gasteiger partial charge >= 0.3 is 0 Å². The quantitative estimate of drug-likeness (QED) is 0.891. The van der Waals surface area contributed by atoms with Crippen molar-refractivity contribution in [3.05, 3.63) is 57.8 Å². The van der Waals surface area contributed by atoms with Crippen molar-refractivity contribution in [1.29, 1.82) is 0 Å². The summed E-state index contributed by atoms with van der Waals surface area (Å²) in [5.41, 5.74) is 2.36. The Morgan fingerprint density at radius 1 is 1.14 bits per heavy atom. The van der Waals surface area contributed by atoms with Crippen LogP contribution in [0.3, 0.4) is 0 Å². The maximum Gasteiger partial charge on any atom is 0.261 e. The van der Waals surface area contributed by atoms with Crippen LogP contribution in [0.15, 0.2) is 41.8 Å². The van der Waals surface area contributed by atoms with Crippen molar-refractivity contribution in [2.24, 2.45) is 0 Å². The fraction of sp³-hybridized carbons (Fsp3) is 0.294. The van der Waals surface area contributed by atoms with Crippen molar-refractivity contribution in [2.75, 3.05) is 13.6 Å². The van der Waals surface area contributed by atoms with Crippen molar-refractivity contribution < 1.29 is 9.59 Å². The molecule has 116 valence electrons. The van der Waals surface area contributed by atoms with E-state index < -0.39 is 0 Å². The summed E-state index contributed by atoms with van der Waals surface area (Å²) in [5.74, 6) is -0.312. The summed E-state index contributed by atoms with van der Waals surface area (Å²) in [7, 11) is 1.74. The summed E-state index contributed by atoms with van der Waals surface area (Å²) in [6, 6.07) is 11.8. The lowest BCUT2D eigenvalue weighted by Crippen LogP contribution is -2.37. The number of amides is 2. The number of rotatable bonds is 6. The molecule has 1 aromatic heterocycles. The van der Waals surface area contributed by atoms with E-state index in [1.165, 1.54) is 16.9 Å². The second-order valence-electron chi connectivity index (χ2n) is 5.08. The molecule has 2 rings (SSSR count). The number of hydrogen-bond donors (Lipinski definition) is 1. The van der Waals surface area contributed by atoms with Crippen molar-refractivity contribution in [1.82, 2.24) is 10.2 Å². The van der Waals surface area contributed by atoms with E-state index in [9.17, 15) is 9.59 Å². The van der Waals surface area contributed by atoms with Crippen molar-refractivity contribution in [2.45, 2.75) is 19.9 Å². The fourth-order valence-corrected chi connectivity index (χ4v) is 2.67. The van der Waals surface area contributed by atoms with Crippen LogP contribution in [0.25, 0.3) is 0 Å². The minimum absolute atomic E-state index is 0.0142. The molecule has 0 aliphatic rings. The highest BCUT2D eigenvalue weighted by Crippen LogP contribution is 2.09. The van der Waals surface area contributed by atoms with Gasteiger partial charge in [-0.05, 0) is 29.0 Å². The highest BCUT2D eigenvalue weighted by atomic mass is 32.1. The van der Waals surface area contributed by atoms with Gasteiger partial charge in [0.1, 0.15) is 0 Å². The smallest absolute Gasteiger partial charge is 0.261 e. The van der Waals surface area contributed by atoms with Crippen LogP contribution < -0.4 is 5.32 Å². The molecular formula is C17H20N2O2S. The average Bonchev–Trinajstić information content (AvgIpc) is 3.07. The van der Waals surface area contributed by atoms with E-state index in [-0.39, 0.29) is 18.4 Å². The number of hydrogen-bond acceptors (Lipinski definition) is 3. The van der Waals surface area contributed by atoms with E-state index in [2.05, 4.69) is 24.4 Å². The Bertz CT molecular complexity index is 621. The second kappa shape index (κ2) is 7.75. The third-order valence-electron chi connectivity index (χ3n) is 3.42. The van der Waals surface area contributed by atoms with Crippen LogP contribution in [0, 0.1) is 0 Å². The molecule has 0 saturated heterocycles. The number of thiophene rings is 1. The summed E-state index contributed by atoms with van der Waals surface area (Å²) in [4.78, 5) is 26.1. The molecule has 0 spiro atoms. The highest BCUT2D eigenvalue weighted by Gasteiger charge is 2.12. The first kappa shape index (κ1) is 16.2. The van der Waals surface area contributed by atoms with E-state index in [0.29, 0.717) is 11.4 Å². The Balaban J connectivity index is 1.82. The maximum absolute atomic E-state index is 12.1. The van der Waals surface area contributed by atoms with Gasteiger partial charge in [0, 0.05) is 13.6 Å². The third-order valence-corrected chi connectivity index (χ3v) is 4.29. The second-order valence-corrected chi connectivity index (χ2v) is 6.03. The van der Waals surface area contributed by atoms with Crippen LogP contribution in [0.4, 0.5) is 0 Å². The zero-order chi connectivity index (χ0) is 15.9. The molecule has 1 heterocycles. The van der Waals surface area contributed by atoms with Crippen molar-refractivity contribution in [3.63, 3.8) is 0 Å². The summed E-state index contributed by atoms with van der Waals surface area (Å²) >= 11 is 1.36. The van der Waals surface area contributed by atoms with Gasteiger partial charge in [-0.25, -0.2) is 0 Å². The highest BCUT2D eigenvalue weighted by molar-refractivity contribution is 7.12. The predicted molar refractivity (Wildman–Crippen MR) is 88.9 cm³/mol. The number of carbonyl (C=O) groups is 2. The molecule has 0 aliphatic heterocycles. The Hall–Kier alpha value is -2.14.